The third kappa shape index (κ3) is 3.38. The van der Waals surface area contributed by atoms with Crippen molar-refractivity contribution in [2.75, 3.05) is 7.05 Å². The summed E-state index contributed by atoms with van der Waals surface area (Å²) < 4.78 is 30.3. The third-order valence-electron chi connectivity index (χ3n) is 6.64. The van der Waals surface area contributed by atoms with E-state index in [4.69, 9.17) is 5.10 Å². The topological polar surface area (TPSA) is 80.5 Å². The number of nitrogens with zero attached hydrogens (tertiary/aromatic N) is 5. The van der Waals surface area contributed by atoms with Crippen LogP contribution in [-0.4, -0.2) is 45.6 Å². The summed E-state index contributed by atoms with van der Waals surface area (Å²) in [7, 11) is -1.91. The van der Waals surface area contributed by atoms with E-state index in [-0.39, 0.29) is 6.04 Å². The molecular formula is C24H27N5O2S. The summed E-state index contributed by atoms with van der Waals surface area (Å²) in [6, 6.07) is 13.5. The predicted octanol–water partition coefficient (Wildman–Crippen LogP) is 4.51. The van der Waals surface area contributed by atoms with E-state index in [9.17, 15) is 8.42 Å². The lowest BCUT2D eigenvalue weighted by Gasteiger charge is -2.30. The van der Waals surface area contributed by atoms with Gasteiger partial charge in [-0.1, -0.05) is 55.7 Å². The monoisotopic (exact) mass is 449 g/mol. The average molecular weight is 450 g/mol. The van der Waals surface area contributed by atoms with Crippen LogP contribution in [-0.2, 0) is 10.0 Å². The Hall–Kier alpha value is -2.84. The number of sulfonamides is 1. The van der Waals surface area contributed by atoms with Crippen LogP contribution >= 0.6 is 0 Å². The molecule has 166 valence electrons. The molecule has 0 N–H and O–H groups in total. The van der Waals surface area contributed by atoms with Gasteiger partial charge >= 0.3 is 0 Å². The van der Waals surface area contributed by atoms with Gasteiger partial charge in [0.25, 0.3) is 0 Å². The number of aryl methyl sites for hydroxylation is 2. The Morgan fingerprint density at radius 2 is 1.69 bits per heavy atom. The van der Waals surface area contributed by atoms with Crippen molar-refractivity contribution < 1.29 is 8.42 Å². The number of aromatic nitrogens is 4. The summed E-state index contributed by atoms with van der Waals surface area (Å²) in [5.74, 6) is 0.533. The Kier molecular flexibility index (Phi) is 5.22. The van der Waals surface area contributed by atoms with Crippen LogP contribution in [0, 0.1) is 13.8 Å². The Bertz CT molecular complexity index is 1420. The highest BCUT2D eigenvalue weighted by Gasteiger charge is 2.30. The summed E-state index contributed by atoms with van der Waals surface area (Å²) >= 11 is 0. The van der Waals surface area contributed by atoms with Crippen molar-refractivity contribution in [2.24, 2.45) is 0 Å². The first-order valence-electron chi connectivity index (χ1n) is 11.1. The molecule has 1 saturated carbocycles. The van der Waals surface area contributed by atoms with Gasteiger partial charge in [0, 0.05) is 29.4 Å². The Morgan fingerprint density at radius 3 is 2.44 bits per heavy atom. The number of rotatable bonds is 4. The van der Waals surface area contributed by atoms with Gasteiger partial charge in [-0.2, -0.15) is 13.9 Å². The highest BCUT2D eigenvalue weighted by Crippen LogP contribution is 2.31. The highest BCUT2D eigenvalue weighted by atomic mass is 32.2. The average Bonchev–Trinajstić information content (AvgIpc) is 3.23. The van der Waals surface area contributed by atoms with Crippen molar-refractivity contribution in [3.05, 3.63) is 53.7 Å². The van der Waals surface area contributed by atoms with Crippen molar-refractivity contribution in [3.8, 4) is 11.4 Å². The molecule has 2 heterocycles. The molecular weight excluding hydrogens is 422 g/mol. The lowest BCUT2D eigenvalue weighted by atomic mass is 9.96. The van der Waals surface area contributed by atoms with E-state index < -0.39 is 10.0 Å². The molecule has 0 atom stereocenters. The van der Waals surface area contributed by atoms with Gasteiger partial charge in [0.2, 0.25) is 10.0 Å². The van der Waals surface area contributed by atoms with Crippen LogP contribution in [0.1, 0.15) is 43.4 Å². The van der Waals surface area contributed by atoms with E-state index in [0.717, 1.165) is 47.7 Å². The molecule has 0 radical (unpaired) electrons. The third-order valence-corrected chi connectivity index (χ3v) is 8.69. The van der Waals surface area contributed by atoms with Gasteiger partial charge in [-0.3, -0.25) is 0 Å². The maximum atomic E-state index is 13.5. The first-order chi connectivity index (χ1) is 15.4. The lowest BCUT2D eigenvalue weighted by Crippen LogP contribution is -2.38. The molecule has 7 nitrogen and oxygen atoms in total. The second-order valence-corrected chi connectivity index (χ2v) is 10.6. The summed E-state index contributed by atoms with van der Waals surface area (Å²) in [6.07, 6.45) is 5.17. The second-order valence-electron chi connectivity index (χ2n) is 8.68. The SMILES string of the molecule is Cc1ccc(-c2nnc3c4ccccc4c(C)nn23)cc1S(=O)(=O)N(C)C1CCCCC1. The van der Waals surface area contributed by atoms with Gasteiger partial charge in [0.05, 0.1) is 10.6 Å². The summed E-state index contributed by atoms with van der Waals surface area (Å²) in [6.45, 7) is 3.79. The molecule has 1 aliphatic rings. The standard InChI is InChI=1S/C24H27N5O2S/c1-16-13-14-18(15-22(16)32(30,31)28(3)19-9-5-4-6-10-19)23-25-26-24-21-12-8-7-11-20(21)17(2)27-29(23)24/h7-8,11-15,19H,4-6,9-10H2,1-3H3. The van der Waals surface area contributed by atoms with Crippen LogP contribution in [0.3, 0.4) is 0 Å². The largest absolute Gasteiger partial charge is 0.243 e. The van der Waals surface area contributed by atoms with E-state index in [1.807, 2.05) is 50.2 Å². The van der Waals surface area contributed by atoms with E-state index >= 15 is 0 Å². The summed E-state index contributed by atoms with van der Waals surface area (Å²) in [5, 5.41) is 15.5. The van der Waals surface area contributed by atoms with Crippen LogP contribution < -0.4 is 0 Å². The van der Waals surface area contributed by atoms with Gasteiger partial charge in [-0.25, -0.2) is 8.42 Å². The van der Waals surface area contributed by atoms with Gasteiger partial charge in [0.15, 0.2) is 11.5 Å². The molecule has 4 aromatic rings. The van der Waals surface area contributed by atoms with Crippen LogP contribution in [0.4, 0.5) is 0 Å². The normalized spacial score (nSPS) is 15.8. The van der Waals surface area contributed by atoms with Crippen LogP contribution in [0.15, 0.2) is 47.4 Å². The first-order valence-corrected chi connectivity index (χ1v) is 12.5. The zero-order chi connectivity index (χ0) is 22.5. The molecule has 1 aliphatic carbocycles. The smallest absolute Gasteiger partial charge is 0.207 e. The molecule has 1 fully saturated rings. The van der Waals surface area contributed by atoms with Crippen molar-refractivity contribution >= 4 is 26.4 Å². The minimum absolute atomic E-state index is 0.0569. The van der Waals surface area contributed by atoms with Gasteiger partial charge in [0.1, 0.15) is 0 Å². The molecule has 0 saturated heterocycles. The summed E-state index contributed by atoms with van der Waals surface area (Å²) in [4.78, 5) is 0.317. The number of benzene rings is 2. The maximum absolute atomic E-state index is 13.5. The van der Waals surface area contributed by atoms with Gasteiger partial charge < -0.3 is 0 Å². The number of hydrogen-bond acceptors (Lipinski definition) is 5. The van der Waals surface area contributed by atoms with Crippen molar-refractivity contribution in [1.82, 2.24) is 24.1 Å². The number of hydrogen-bond donors (Lipinski definition) is 0. The van der Waals surface area contributed by atoms with Gasteiger partial charge in [-0.15, -0.1) is 10.2 Å². The van der Waals surface area contributed by atoms with E-state index in [1.54, 1.807) is 21.9 Å². The highest BCUT2D eigenvalue weighted by molar-refractivity contribution is 7.89. The maximum Gasteiger partial charge on any atom is 0.243 e. The molecule has 8 heteroatoms. The van der Waals surface area contributed by atoms with Crippen molar-refractivity contribution in [2.45, 2.75) is 56.9 Å². The Balaban J connectivity index is 1.62. The molecule has 2 aromatic heterocycles. The van der Waals surface area contributed by atoms with Crippen molar-refractivity contribution in [3.63, 3.8) is 0 Å². The Labute approximate surface area is 188 Å². The minimum atomic E-state index is -3.62. The fourth-order valence-electron chi connectivity index (χ4n) is 4.73. The van der Waals surface area contributed by atoms with E-state index in [0.29, 0.717) is 21.9 Å². The molecule has 5 rings (SSSR count). The van der Waals surface area contributed by atoms with Crippen LogP contribution in [0.2, 0.25) is 0 Å². The minimum Gasteiger partial charge on any atom is -0.207 e. The second kappa shape index (κ2) is 7.94. The molecule has 0 spiro atoms. The summed E-state index contributed by atoms with van der Waals surface area (Å²) in [5.41, 5.74) is 2.93. The number of fused-ring (bicyclic) bond motifs is 3. The van der Waals surface area contributed by atoms with Gasteiger partial charge in [-0.05, 0) is 38.3 Å². The molecule has 0 bridgehead atoms. The quantitative estimate of drug-likeness (QED) is 0.458. The van der Waals surface area contributed by atoms with E-state index in [1.165, 1.54) is 6.42 Å². The van der Waals surface area contributed by atoms with E-state index in [2.05, 4.69) is 10.2 Å². The lowest BCUT2D eigenvalue weighted by molar-refractivity contribution is 0.285. The molecule has 2 aromatic carbocycles. The molecule has 0 unspecified atom stereocenters. The molecule has 32 heavy (non-hydrogen) atoms. The predicted molar refractivity (Wildman–Crippen MR) is 125 cm³/mol. The fraction of sp³-hybridized carbons (Fsp3) is 0.375. The zero-order valence-electron chi connectivity index (χ0n) is 18.6. The zero-order valence-corrected chi connectivity index (χ0v) is 19.4. The molecule has 0 aliphatic heterocycles. The first kappa shape index (κ1) is 21.0. The fourth-order valence-corrected chi connectivity index (χ4v) is 6.40. The van der Waals surface area contributed by atoms with Crippen LogP contribution in [0.25, 0.3) is 27.8 Å². The van der Waals surface area contributed by atoms with Crippen LogP contribution in [0.5, 0.6) is 0 Å². The van der Waals surface area contributed by atoms with Crippen molar-refractivity contribution in [1.29, 1.82) is 0 Å². The Morgan fingerprint density at radius 1 is 0.969 bits per heavy atom. The molecule has 0 amide bonds.